The van der Waals surface area contributed by atoms with Gasteiger partial charge in [0, 0.05) is 31.9 Å². The maximum absolute atomic E-state index is 5.26. The molecular weight excluding hydrogens is 288 g/mol. The molecule has 23 heavy (non-hydrogen) atoms. The average molecular weight is 312 g/mol. The van der Waals surface area contributed by atoms with Gasteiger partial charge in [0.05, 0.1) is 7.11 Å². The fourth-order valence-corrected chi connectivity index (χ4v) is 2.37. The molecular formula is C18H24N4O. The third-order valence-corrected chi connectivity index (χ3v) is 3.66. The minimum absolute atomic E-state index is 0.601. The van der Waals surface area contributed by atoms with Gasteiger partial charge in [0.2, 0.25) is 5.88 Å². The topological polar surface area (TPSA) is 58.5 Å². The Bertz CT molecular complexity index is 682. The Balaban J connectivity index is 1.93. The normalized spacial score (nSPS) is 11.2. The molecule has 0 spiro atoms. The third kappa shape index (κ3) is 4.71. The number of hydrogen-bond acceptors (Lipinski definition) is 3. The SMILES string of the molecule is CN=C(NCc1ccc(C)cc1C)NCc1cccnc1OC. The predicted molar refractivity (Wildman–Crippen MR) is 93.7 cm³/mol. The Labute approximate surface area is 137 Å². The summed E-state index contributed by atoms with van der Waals surface area (Å²) < 4.78 is 5.26. The van der Waals surface area contributed by atoms with Crippen LogP contribution < -0.4 is 15.4 Å². The number of nitrogens with zero attached hydrogens (tertiary/aromatic N) is 2. The number of nitrogens with one attached hydrogen (secondary N) is 2. The highest BCUT2D eigenvalue weighted by Crippen LogP contribution is 2.13. The second kappa shape index (κ2) is 8.17. The Morgan fingerprint density at radius 3 is 2.52 bits per heavy atom. The minimum Gasteiger partial charge on any atom is -0.481 e. The number of hydrogen-bond donors (Lipinski definition) is 2. The average Bonchev–Trinajstić information content (AvgIpc) is 2.56. The molecule has 0 aliphatic heterocycles. The van der Waals surface area contributed by atoms with Crippen molar-refractivity contribution in [3.8, 4) is 5.88 Å². The van der Waals surface area contributed by atoms with E-state index in [-0.39, 0.29) is 0 Å². The van der Waals surface area contributed by atoms with Gasteiger partial charge in [-0.25, -0.2) is 4.98 Å². The first-order chi connectivity index (χ1) is 11.1. The smallest absolute Gasteiger partial charge is 0.218 e. The van der Waals surface area contributed by atoms with Crippen molar-refractivity contribution in [3.05, 3.63) is 58.8 Å². The van der Waals surface area contributed by atoms with E-state index in [0.717, 1.165) is 18.1 Å². The number of pyridine rings is 1. The maximum atomic E-state index is 5.26. The molecule has 0 amide bonds. The van der Waals surface area contributed by atoms with Crippen molar-refractivity contribution >= 4 is 5.96 Å². The number of guanidine groups is 1. The van der Waals surface area contributed by atoms with Crippen LogP contribution in [-0.4, -0.2) is 25.1 Å². The van der Waals surface area contributed by atoms with Gasteiger partial charge in [-0.15, -0.1) is 0 Å². The highest BCUT2D eigenvalue weighted by molar-refractivity contribution is 5.79. The van der Waals surface area contributed by atoms with Crippen molar-refractivity contribution in [2.24, 2.45) is 4.99 Å². The molecule has 0 saturated carbocycles. The van der Waals surface area contributed by atoms with Crippen LogP contribution >= 0.6 is 0 Å². The molecule has 5 nitrogen and oxygen atoms in total. The van der Waals surface area contributed by atoms with Crippen LogP contribution in [0.3, 0.4) is 0 Å². The van der Waals surface area contributed by atoms with Gasteiger partial charge in [0.25, 0.3) is 0 Å². The van der Waals surface area contributed by atoms with Crippen molar-refractivity contribution < 1.29 is 4.74 Å². The fraction of sp³-hybridized carbons (Fsp3) is 0.333. The summed E-state index contributed by atoms with van der Waals surface area (Å²) in [5.41, 5.74) is 4.81. The fourth-order valence-electron chi connectivity index (χ4n) is 2.37. The zero-order valence-electron chi connectivity index (χ0n) is 14.2. The third-order valence-electron chi connectivity index (χ3n) is 3.66. The van der Waals surface area contributed by atoms with Crippen LogP contribution in [0.4, 0.5) is 0 Å². The number of aliphatic imine (C=N–C) groups is 1. The summed E-state index contributed by atoms with van der Waals surface area (Å²) in [4.78, 5) is 8.45. The molecule has 2 rings (SSSR count). The molecule has 5 heteroatoms. The van der Waals surface area contributed by atoms with Crippen molar-refractivity contribution in [2.45, 2.75) is 26.9 Å². The summed E-state index contributed by atoms with van der Waals surface area (Å²) in [6.45, 7) is 5.56. The summed E-state index contributed by atoms with van der Waals surface area (Å²) in [7, 11) is 3.39. The van der Waals surface area contributed by atoms with Gasteiger partial charge < -0.3 is 15.4 Å². The lowest BCUT2D eigenvalue weighted by Crippen LogP contribution is -2.36. The number of methoxy groups -OCH3 is 1. The minimum atomic E-state index is 0.601. The van der Waals surface area contributed by atoms with Gasteiger partial charge in [-0.05, 0) is 31.0 Å². The molecule has 0 unspecified atom stereocenters. The van der Waals surface area contributed by atoms with E-state index in [9.17, 15) is 0 Å². The van der Waals surface area contributed by atoms with E-state index in [1.54, 1.807) is 20.4 Å². The molecule has 0 bridgehead atoms. The Kier molecular flexibility index (Phi) is 5.97. The lowest BCUT2D eigenvalue weighted by Gasteiger charge is -2.14. The van der Waals surface area contributed by atoms with E-state index >= 15 is 0 Å². The largest absolute Gasteiger partial charge is 0.481 e. The molecule has 0 aliphatic rings. The maximum Gasteiger partial charge on any atom is 0.218 e. The molecule has 2 N–H and O–H groups in total. The Hall–Kier alpha value is -2.56. The number of aromatic nitrogens is 1. The van der Waals surface area contributed by atoms with Gasteiger partial charge in [0.15, 0.2) is 5.96 Å². The highest BCUT2D eigenvalue weighted by Gasteiger charge is 2.05. The molecule has 0 atom stereocenters. The number of aryl methyl sites for hydroxylation is 2. The Morgan fingerprint density at radius 2 is 1.87 bits per heavy atom. The quantitative estimate of drug-likeness (QED) is 0.658. The highest BCUT2D eigenvalue weighted by atomic mass is 16.5. The second-order valence-corrected chi connectivity index (χ2v) is 5.38. The summed E-state index contributed by atoms with van der Waals surface area (Å²) in [6, 6.07) is 10.3. The lowest BCUT2D eigenvalue weighted by atomic mass is 10.1. The van der Waals surface area contributed by atoms with Crippen LogP contribution in [0, 0.1) is 13.8 Å². The molecule has 2 aromatic rings. The first-order valence-corrected chi connectivity index (χ1v) is 7.62. The molecule has 0 saturated heterocycles. The van der Waals surface area contributed by atoms with Gasteiger partial charge >= 0.3 is 0 Å². The predicted octanol–water partition coefficient (Wildman–Crippen LogP) is 2.57. The Morgan fingerprint density at radius 1 is 1.13 bits per heavy atom. The van der Waals surface area contributed by atoms with E-state index in [1.165, 1.54) is 16.7 Å². The number of ether oxygens (including phenoxy) is 1. The molecule has 1 heterocycles. The molecule has 0 aliphatic carbocycles. The van der Waals surface area contributed by atoms with Gasteiger partial charge in [-0.1, -0.05) is 29.8 Å². The van der Waals surface area contributed by atoms with Gasteiger partial charge in [-0.3, -0.25) is 4.99 Å². The van der Waals surface area contributed by atoms with E-state index in [1.807, 2.05) is 12.1 Å². The van der Waals surface area contributed by atoms with Crippen molar-refractivity contribution in [3.63, 3.8) is 0 Å². The summed E-state index contributed by atoms with van der Waals surface area (Å²) in [6.07, 6.45) is 1.72. The molecule has 0 fully saturated rings. The first kappa shape index (κ1) is 16.8. The molecule has 1 aromatic heterocycles. The van der Waals surface area contributed by atoms with Crippen molar-refractivity contribution in [2.75, 3.05) is 14.2 Å². The van der Waals surface area contributed by atoms with Gasteiger partial charge in [0.1, 0.15) is 0 Å². The second-order valence-electron chi connectivity index (χ2n) is 5.38. The standard InChI is InChI=1S/C18H24N4O/c1-13-7-8-15(14(2)10-13)11-21-18(19-3)22-12-16-6-5-9-20-17(16)23-4/h5-10H,11-12H2,1-4H3,(H2,19,21,22). The van der Waals surface area contributed by atoms with Crippen molar-refractivity contribution in [1.29, 1.82) is 0 Å². The zero-order chi connectivity index (χ0) is 16.7. The first-order valence-electron chi connectivity index (χ1n) is 7.62. The molecule has 0 radical (unpaired) electrons. The van der Waals surface area contributed by atoms with Crippen LogP contribution in [0.15, 0.2) is 41.5 Å². The monoisotopic (exact) mass is 312 g/mol. The summed E-state index contributed by atoms with van der Waals surface area (Å²) in [5.74, 6) is 1.38. The van der Waals surface area contributed by atoms with E-state index in [0.29, 0.717) is 12.4 Å². The van der Waals surface area contributed by atoms with Crippen LogP contribution in [-0.2, 0) is 13.1 Å². The van der Waals surface area contributed by atoms with Crippen LogP contribution in [0.1, 0.15) is 22.3 Å². The summed E-state index contributed by atoms with van der Waals surface area (Å²) in [5, 5.41) is 6.61. The molecule has 122 valence electrons. The molecule has 1 aromatic carbocycles. The summed E-state index contributed by atoms with van der Waals surface area (Å²) >= 11 is 0. The lowest BCUT2D eigenvalue weighted by molar-refractivity contribution is 0.392. The number of benzene rings is 1. The number of rotatable bonds is 5. The van der Waals surface area contributed by atoms with Crippen molar-refractivity contribution in [1.82, 2.24) is 15.6 Å². The van der Waals surface area contributed by atoms with E-state index in [4.69, 9.17) is 4.74 Å². The van der Waals surface area contributed by atoms with E-state index < -0.39 is 0 Å². The van der Waals surface area contributed by atoms with E-state index in [2.05, 4.69) is 52.7 Å². The van der Waals surface area contributed by atoms with Crippen LogP contribution in [0.5, 0.6) is 5.88 Å². The zero-order valence-corrected chi connectivity index (χ0v) is 14.2. The van der Waals surface area contributed by atoms with Gasteiger partial charge in [-0.2, -0.15) is 0 Å². The van der Waals surface area contributed by atoms with Crippen LogP contribution in [0.25, 0.3) is 0 Å². The van der Waals surface area contributed by atoms with Crippen LogP contribution in [0.2, 0.25) is 0 Å².